The zero-order valence-electron chi connectivity index (χ0n) is 18.9. The Labute approximate surface area is 199 Å². The monoisotopic (exact) mass is 491 g/mol. The Hall–Kier alpha value is -3.76. The van der Waals surface area contributed by atoms with Crippen LogP contribution in [0.5, 0.6) is 5.75 Å². The van der Waals surface area contributed by atoms with Gasteiger partial charge < -0.3 is 19.2 Å². The molecule has 0 atom stereocenters. The van der Waals surface area contributed by atoms with Crippen LogP contribution in [0.15, 0.2) is 46.9 Å². The van der Waals surface area contributed by atoms with Gasteiger partial charge >= 0.3 is 12.1 Å². The zero-order chi connectivity index (χ0) is 25.0. The second-order valence-electron chi connectivity index (χ2n) is 8.13. The third-order valence-corrected chi connectivity index (χ3v) is 5.47. The van der Waals surface area contributed by atoms with E-state index in [9.17, 15) is 22.8 Å². The van der Waals surface area contributed by atoms with Gasteiger partial charge in [0.05, 0.1) is 12.7 Å². The van der Waals surface area contributed by atoms with Crippen molar-refractivity contribution in [1.82, 2.24) is 15.1 Å². The van der Waals surface area contributed by atoms with Crippen molar-refractivity contribution >= 4 is 11.9 Å². The van der Waals surface area contributed by atoms with Gasteiger partial charge in [-0.1, -0.05) is 0 Å². The van der Waals surface area contributed by atoms with E-state index in [0.717, 1.165) is 18.9 Å². The van der Waals surface area contributed by atoms with Crippen LogP contribution >= 0.6 is 0 Å². The van der Waals surface area contributed by atoms with E-state index in [0.29, 0.717) is 29.2 Å². The molecule has 1 aliphatic rings. The van der Waals surface area contributed by atoms with Crippen LogP contribution < -0.4 is 10.1 Å². The molecular formula is C24H24F3N3O5. The molecule has 0 radical (unpaired) electrons. The average Bonchev–Trinajstić information content (AvgIpc) is 3.40. The van der Waals surface area contributed by atoms with Crippen molar-refractivity contribution in [1.29, 1.82) is 0 Å². The maximum atomic E-state index is 13.0. The van der Waals surface area contributed by atoms with Crippen LogP contribution in [0.25, 0.3) is 0 Å². The molecule has 0 aliphatic heterocycles. The van der Waals surface area contributed by atoms with Crippen LogP contribution in [0.3, 0.4) is 0 Å². The lowest BCUT2D eigenvalue weighted by Gasteiger charge is -2.07. The number of aryl methyl sites for hydroxylation is 1. The van der Waals surface area contributed by atoms with Crippen LogP contribution in [-0.4, -0.2) is 35.3 Å². The summed E-state index contributed by atoms with van der Waals surface area (Å²) in [4.78, 5) is 23.8. The molecule has 2 aromatic heterocycles. The van der Waals surface area contributed by atoms with E-state index in [1.807, 2.05) is 0 Å². The number of amides is 1. The fraction of sp³-hybridized carbons (Fsp3) is 0.375. The Morgan fingerprint density at radius 1 is 1.17 bits per heavy atom. The van der Waals surface area contributed by atoms with E-state index in [-0.39, 0.29) is 31.4 Å². The van der Waals surface area contributed by atoms with Gasteiger partial charge in [0.25, 0.3) is 5.91 Å². The molecule has 1 fully saturated rings. The molecule has 1 aliphatic carbocycles. The van der Waals surface area contributed by atoms with E-state index >= 15 is 0 Å². The van der Waals surface area contributed by atoms with Gasteiger partial charge in [-0.25, -0.2) is 4.79 Å². The zero-order valence-corrected chi connectivity index (χ0v) is 18.9. The van der Waals surface area contributed by atoms with E-state index < -0.39 is 23.7 Å². The molecule has 8 nitrogen and oxygen atoms in total. The summed E-state index contributed by atoms with van der Waals surface area (Å²) in [6.45, 7) is 0.604. The number of alkyl halides is 3. The molecule has 0 spiro atoms. The molecule has 0 saturated heterocycles. The highest BCUT2D eigenvalue weighted by Gasteiger charge is 2.37. The normalized spacial score (nSPS) is 13.5. The number of methoxy groups -OCH3 is 1. The van der Waals surface area contributed by atoms with Gasteiger partial charge in [0, 0.05) is 24.7 Å². The van der Waals surface area contributed by atoms with Gasteiger partial charge in [-0.15, -0.1) is 0 Å². The smallest absolute Gasteiger partial charge is 0.435 e. The fourth-order valence-electron chi connectivity index (χ4n) is 3.51. The third kappa shape index (κ3) is 6.23. The Morgan fingerprint density at radius 2 is 1.91 bits per heavy atom. The molecule has 11 heteroatoms. The molecule has 186 valence electrons. The van der Waals surface area contributed by atoms with Gasteiger partial charge in [0.1, 0.15) is 18.1 Å². The number of benzene rings is 1. The maximum Gasteiger partial charge on any atom is 0.435 e. The van der Waals surface area contributed by atoms with Crippen molar-refractivity contribution in [3.8, 4) is 5.75 Å². The molecule has 0 unspecified atom stereocenters. The highest BCUT2D eigenvalue weighted by molar-refractivity contribution is 5.91. The molecule has 1 saturated carbocycles. The number of nitrogens with zero attached hydrogens (tertiary/aromatic N) is 2. The highest BCUT2D eigenvalue weighted by atomic mass is 19.4. The number of rotatable bonds is 10. The Kier molecular flexibility index (Phi) is 7.13. The standard InChI is InChI=1S/C24H24F3N3O5/c1-33-23(32)16-5-7-17(8-6-16)34-14-18-9-10-20(35-18)22(31)28-11-2-12-30-19(15-3-4-15)13-21(29-30)24(25,26)27/h5-10,13,15H,2-4,11-12,14H2,1H3,(H,28,31). The SMILES string of the molecule is COC(=O)c1ccc(OCc2ccc(C(=O)NCCCn3nc(C(F)(F)F)cc3C3CC3)o2)cc1. The van der Waals surface area contributed by atoms with E-state index in [1.54, 1.807) is 30.3 Å². The number of carbonyl (C=O) groups excluding carboxylic acids is 2. The molecule has 1 aromatic carbocycles. The second kappa shape index (κ2) is 10.2. The first-order valence-electron chi connectivity index (χ1n) is 11.1. The number of halogens is 3. The second-order valence-corrected chi connectivity index (χ2v) is 8.13. The van der Waals surface area contributed by atoms with Crippen molar-refractivity contribution in [2.24, 2.45) is 0 Å². The van der Waals surface area contributed by atoms with Crippen molar-refractivity contribution in [3.05, 3.63) is 70.9 Å². The van der Waals surface area contributed by atoms with E-state index in [4.69, 9.17) is 9.15 Å². The number of ether oxygens (including phenoxy) is 2. The topological polar surface area (TPSA) is 95.6 Å². The maximum absolute atomic E-state index is 13.0. The van der Waals surface area contributed by atoms with Crippen molar-refractivity contribution in [3.63, 3.8) is 0 Å². The summed E-state index contributed by atoms with van der Waals surface area (Å²) in [5.41, 5.74) is 0.112. The molecule has 1 amide bonds. The third-order valence-electron chi connectivity index (χ3n) is 5.47. The molecular weight excluding hydrogens is 467 g/mol. The number of aromatic nitrogens is 2. The number of hydrogen-bond acceptors (Lipinski definition) is 6. The summed E-state index contributed by atoms with van der Waals surface area (Å²) in [6.07, 6.45) is -2.33. The first kappa shape index (κ1) is 24.4. The molecule has 1 N–H and O–H groups in total. The minimum Gasteiger partial charge on any atom is -0.486 e. The number of hydrogen-bond donors (Lipinski definition) is 1. The molecule has 3 aromatic rings. The minimum absolute atomic E-state index is 0.0790. The van der Waals surface area contributed by atoms with E-state index in [1.165, 1.54) is 17.9 Å². The van der Waals surface area contributed by atoms with E-state index in [2.05, 4.69) is 15.2 Å². The number of nitrogens with one attached hydrogen (secondary N) is 1. The predicted molar refractivity (Wildman–Crippen MR) is 117 cm³/mol. The van der Waals surface area contributed by atoms with Crippen LogP contribution in [0.2, 0.25) is 0 Å². The number of furan rings is 1. The summed E-state index contributed by atoms with van der Waals surface area (Å²) in [6, 6.07) is 10.6. The Bertz CT molecular complexity index is 1180. The van der Waals surface area contributed by atoms with Gasteiger partial charge in [0.2, 0.25) is 0 Å². The largest absolute Gasteiger partial charge is 0.486 e. The van der Waals surface area contributed by atoms with Gasteiger partial charge in [-0.3, -0.25) is 9.48 Å². The summed E-state index contributed by atoms with van der Waals surface area (Å²) in [5.74, 6) is 0.287. The lowest BCUT2D eigenvalue weighted by Crippen LogP contribution is -2.25. The average molecular weight is 491 g/mol. The van der Waals surface area contributed by atoms with Crippen molar-refractivity contribution in [2.75, 3.05) is 13.7 Å². The van der Waals surface area contributed by atoms with Crippen LogP contribution in [0.4, 0.5) is 13.2 Å². The summed E-state index contributed by atoms with van der Waals surface area (Å²) in [7, 11) is 1.30. The lowest BCUT2D eigenvalue weighted by atomic mass is 10.2. The Balaban J connectivity index is 1.23. The Morgan fingerprint density at radius 3 is 2.57 bits per heavy atom. The molecule has 0 bridgehead atoms. The summed E-state index contributed by atoms with van der Waals surface area (Å²) < 4.78 is 56.1. The first-order valence-corrected chi connectivity index (χ1v) is 11.1. The van der Waals surface area contributed by atoms with Crippen LogP contribution in [0.1, 0.15) is 63.2 Å². The lowest BCUT2D eigenvalue weighted by molar-refractivity contribution is -0.141. The first-order chi connectivity index (χ1) is 16.7. The number of carbonyl (C=O) groups is 2. The minimum atomic E-state index is -4.48. The van der Waals surface area contributed by atoms with Gasteiger partial charge in [-0.2, -0.15) is 18.3 Å². The number of esters is 1. The molecule has 35 heavy (non-hydrogen) atoms. The predicted octanol–water partition coefficient (Wildman–Crippen LogP) is 4.56. The fourth-order valence-corrected chi connectivity index (χ4v) is 3.51. The van der Waals surface area contributed by atoms with Crippen LogP contribution in [-0.2, 0) is 24.1 Å². The van der Waals surface area contributed by atoms with Gasteiger partial charge in [0.15, 0.2) is 11.5 Å². The quantitative estimate of drug-likeness (QED) is 0.330. The van der Waals surface area contributed by atoms with Crippen LogP contribution in [0, 0.1) is 0 Å². The molecule has 2 heterocycles. The van der Waals surface area contributed by atoms with Crippen molar-refractivity contribution < 1.29 is 36.7 Å². The molecule has 4 rings (SSSR count). The van der Waals surface area contributed by atoms with Crippen molar-refractivity contribution in [2.45, 2.75) is 44.5 Å². The highest BCUT2D eigenvalue weighted by Crippen LogP contribution is 2.42. The summed E-state index contributed by atoms with van der Waals surface area (Å²) in [5, 5.41) is 6.41. The van der Waals surface area contributed by atoms with Gasteiger partial charge in [-0.05, 0) is 61.7 Å². The summed E-state index contributed by atoms with van der Waals surface area (Å²) >= 11 is 0.